The largest absolute Gasteiger partial charge is 0.472 e. The molecule has 2 rings (SSSR count). The van der Waals surface area contributed by atoms with Crippen molar-refractivity contribution in [3.63, 3.8) is 0 Å². The van der Waals surface area contributed by atoms with Crippen LogP contribution in [-0.4, -0.2) is 6.54 Å². The summed E-state index contributed by atoms with van der Waals surface area (Å²) in [4.78, 5) is 0. The van der Waals surface area contributed by atoms with Crippen molar-refractivity contribution in [3.8, 4) is 0 Å². The maximum atomic E-state index is 5.16. The molecule has 1 saturated carbocycles. The molecule has 1 N–H and O–H groups in total. The molecule has 1 heterocycles. The molecule has 0 aromatic carbocycles. The quantitative estimate of drug-likeness (QED) is 0.777. The predicted molar refractivity (Wildman–Crippen MR) is 57.1 cm³/mol. The monoisotopic (exact) mass is 193 g/mol. The Morgan fingerprint density at radius 1 is 1.57 bits per heavy atom. The third-order valence-corrected chi connectivity index (χ3v) is 3.21. The summed E-state index contributed by atoms with van der Waals surface area (Å²) >= 11 is 0. The molecular weight excluding hydrogens is 174 g/mol. The average Bonchev–Trinajstić information content (AvgIpc) is 2.71. The minimum atomic E-state index is 0.471. The molecule has 0 aliphatic heterocycles. The molecule has 1 fully saturated rings. The maximum Gasteiger partial charge on any atom is 0.0950 e. The molecule has 1 aromatic rings. The highest BCUT2D eigenvalue weighted by Crippen LogP contribution is 2.54. The average molecular weight is 193 g/mol. The Labute approximate surface area is 85.7 Å². The Balaban J connectivity index is 2.07. The highest BCUT2D eigenvalue weighted by atomic mass is 16.3. The standard InChI is InChI=1S/C12H19NO/c1-3-7-13-11(12(2)5-6-12)10-4-8-14-9-10/h4,8-9,11,13H,3,5-7H2,1-2H3. The highest BCUT2D eigenvalue weighted by molar-refractivity contribution is 5.18. The van der Waals surface area contributed by atoms with Crippen LogP contribution in [0.15, 0.2) is 23.0 Å². The van der Waals surface area contributed by atoms with Crippen molar-refractivity contribution in [2.24, 2.45) is 5.41 Å². The van der Waals surface area contributed by atoms with Gasteiger partial charge >= 0.3 is 0 Å². The molecule has 14 heavy (non-hydrogen) atoms. The lowest BCUT2D eigenvalue weighted by Gasteiger charge is -2.23. The second kappa shape index (κ2) is 3.77. The second-order valence-electron chi connectivity index (χ2n) is 4.60. The number of hydrogen-bond acceptors (Lipinski definition) is 2. The third kappa shape index (κ3) is 1.85. The van der Waals surface area contributed by atoms with Crippen molar-refractivity contribution >= 4 is 0 Å². The summed E-state index contributed by atoms with van der Waals surface area (Å²) in [5.74, 6) is 0. The Bertz CT molecular complexity index is 275. The zero-order valence-corrected chi connectivity index (χ0v) is 9.05. The van der Waals surface area contributed by atoms with E-state index in [0.717, 1.165) is 6.54 Å². The molecule has 0 amide bonds. The first-order chi connectivity index (χ1) is 6.76. The molecule has 1 aliphatic carbocycles. The molecule has 0 spiro atoms. The predicted octanol–water partition coefficient (Wildman–Crippen LogP) is 3.12. The van der Waals surface area contributed by atoms with E-state index in [0.29, 0.717) is 11.5 Å². The summed E-state index contributed by atoms with van der Waals surface area (Å²) in [5.41, 5.74) is 1.78. The first-order valence-electron chi connectivity index (χ1n) is 5.52. The van der Waals surface area contributed by atoms with Crippen LogP contribution in [0, 0.1) is 5.41 Å². The van der Waals surface area contributed by atoms with Crippen LogP contribution in [0.1, 0.15) is 44.7 Å². The van der Waals surface area contributed by atoms with Crippen molar-refractivity contribution in [3.05, 3.63) is 24.2 Å². The van der Waals surface area contributed by atoms with E-state index < -0.39 is 0 Å². The van der Waals surface area contributed by atoms with Gasteiger partial charge in [0.05, 0.1) is 12.5 Å². The SMILES string of the molecule is CCCNC(c1ccoc1)C1(C)CC1. The van der Waals surface area contributed by atoms with Gasteiger partial charge in [0, 0.05) is 11.6 Å². The molecule has 1 atom stereocenters. The number of nitrogens with one attached hydrogen (secondary N) is 1. The Morgan fingerprint density at radius 3 is 2.86 bits per heavy atom. The molecule has 0 saturated heterocycles. The first-order valence-corrected chi connectivity index (χ1v) is 5.52. The summed E-state index contributed by atoms with van der Waals surface area (Å²) in [6.07, 6.45) is 7.49. The van der Waals surface area contributed by atoms with Crippen LogP contribution in [0.4, 0.5) is 0 Å². The fourth-order valence-electron chi connectivity index (χ4n) is 1.98. The van der Waals surface area contributed by atoms with Gasteiger partial charge in [-0.25, -0.2) is 0 Å². The molecule has 2 heteroatoms. The molecule has 78 valence electrons. The normalized spacial score (nSPS) is 20.7. The maximum absolute atomic E-state index is 5.16. The van der Waals surface area contributed by atoms with E-state index in [2.05, 4.69) is 25.2 Å². The summed E-state index contributed by atoms with van der Waals surface area (Å²) < 4.78 is 5.16. The van der Waals surface area contributed by atoms with Crippen molar-refractivity contribution < 1.29 is 4.42 Å². The van der Waals surface area contributed by atoms with Crippen LogP contribution < -0.4 is 5.32 Å². The molecule has 1 aromatic heterocycles. The van der Waals surface area contributed by atoms with Gasteiger partial charge in [0.2, 0.25) is 0 Å². The number of rotatable bonds is 5. The van der Waals surface area contributed by atoms with Gasteiger partial charge in [0.25, 0.3) is 0 Å². The number of hydrogen-bond donors (Lipinski definition) is 1. The van der Waals surface area contributed by atoms with Crippen molar-refractivity contribution in [1.82, 2.24) is 5.32 Å². The lowest BCUT2D eigenvalue weighted by molar-refractivity contribution is 0.364. The molecular formula is C12H19NO. The van der Waals surface area contributed by atoms with E-state index in [1.807, 2.05) is 6.26 Å². The summed E-state index contributed by atoms with van der Waals surface area (Å²) in [6.45, 7) is 5.65. The topological polar surface area (TPSA) is 25.2 Å². The minimum absolute atomic E-state index is 0.471. The lowest BCUT2D eigenvalue weighted by Crippen LogP contribution is -2.28. The van der Waals surface area contributed by atoms with E-state index in [1.165, 1.54) is 24.8 Å². The minimum Gasteiger partial charge on any atom is -0.472 e. The van der Waals surface area contributed by atoms with E-state index in [-0.39, 0.29) is 0 Å². The van der Waals surface area contributed by atoms with Gasteiger partial charge in [-0.05, 0) is 37.3 Å². The third-order valence-electron chi connectivity index (χ3n) is 3.21. The van der Waals surface area contributed by atoms with Crippen molar-refractivity contribution in [2.75, 3.05) is 6.54 Å². The van der Waals surface area contributed by atoms with Crippen molar-refractivity contribution in [1.29, 1.82) is 0 Å². The van der Waals surface area contributed by atoms with Gasteiger partial charge in [0.1, 0.15) is 0 Å². The lowest BCUT2D eigenvalue weighted by atomic mass is 9.93. The Morgan fingerprint density at radius 2 is 2.36 bits per heavy atom. The Kier molecular flexibility index (Phi) is 2.64. The fourth-order valence-corrected chi connectivity index (χ4v) is 1.98. The van der Waals surface area contributed by atoms with Gasteiger partial charge in [-0.3, -0.25) is 0 Å². The second-order valence-corrected chi connectivity index (χ2v) is 4.60. The Hall–Kier alpha value is -0.760. The van der Waals surface area contributed by atoms with E-state index in [4.69, 9.17) is 4.42 Å². The first kappa shape index (κ1) is 9.78. The number of furan rings is 1. The van der Waals surface area contributed by atoms with Crippen LogP contribution in [0.25, 0.3) is 0 Å². The van der Waals surface area contributed by atoms with Gasteiger partial charge in [0.15, 0.2) is 0 Å². The zero-order valence-electron chi connectivity index (χ0n) is 9.05. The smallest absolute Gasteiger partial charge is 0.0950 e. The fraction of sp³-hybridized carbons (Fsp3) is 0.667. The molecule has 0 radical (unpaired) electrons. The highest BCUT2D eigenvalue weighted by Gasteiger charge is 2.45. The van der Waals surface area contributed by atoms with E-state index >= 15 is 0 Å². The summed E-state index contributed by atoms with van der Waals surface area (Å²) in [7, 11) is 0. The van der Waals surface area contributed by atoms with Gasteiger partial charge in [-0.1, -0.05) is 13.8 Å². The zero-order chi connectivity index (χ0) is 10.0. The van der Waals surface area contributed by atoms with Gasteiger partial charge in [-0.2, -0.15) is 0 Å². The van der Waals surface area contributed by atoms with Crippen LogP contribution in [0.3, 0.4) is 0 Å². The molecule has 2 nitrogen and oxygen atoms in total. The molecule has 1 aliphatic rings. The van der Waals surface area contributed by atoms with Crippen LogP contribution in [0.2, 0.25) is 0 Å². The molecule has 1 unspecified atom stereocenters. The van der Waals surface area contributed by atoms with Crippen LogP contribution in [0.5, 0.6) is 0 Å². The summed E-state index contributed by atoms with van der Waals surface area (Å²) in [5, 5.41) is 3.61. The van der Waals surface area contributed by atoms with E-state index in [9.17, 15) is 0 Å². The van der Waals surface area contributed by atoms with Gasteiger partial charge < -0.3 is 9.73 Å². The van der Waals surface area contributed by atoms with Gasteiger partial charge in [-0.15, -0.1) is 0 Å². The summed E-state index contributed by atoms with van der Waals surface area (Å²) in [6, 6.07) is 2.57. The van der Waals surface area contributed by atoms with Crippen molar-refractivity contribution in [2.45, 2.75) is 39.2 Å². The molecule has 0 bridgehead atoms. The van der Waals surface area contributed by atoms with Crippen LogP contribution in [-0.2, 0) is 0 Å². The van der Waals surface area contributed by atoms with Crippen LogP contribution >= 0.6 is 0 Å². The van der Waals surface area contributed by atoms with E-state index in [1.54, 1.807) is 6.26 Å².